The number of methoxy groups -OCH3 is 1. The first-order valence-electron chi connectivity index (χ1n) is 10.1. The summed E-state index contributed by atoms with van der Waals surface area (Å²) in [4.78, 5) is 0. The molecule has 1 heterocycles. The van der Waals surface area contributed by atoms with Crippen LogP contribution in [0.15, 0.2) is 64.2 Å². The molecule has 0 atom stereocenters. The van der Waals surface area contributed by atoms with E-state index in [4.69, 9.17) is 9.29 Å². The lowest BCUT2D eigenvalue weighted by molar-refractivity contribution is 0.415. The molecule has 1 N–H and O–H groups in total. The second kappa shape index (κ2) is 9.92. The van der Waals surface area contributed by atoms with Crippen molar-refractivity contribution in [1.29, 1.82) is 0 Å². The Bertz CT molecular complexity index is 1270. The van der Waals surface area contributed by atoms with Gasteiger partial charge in [0.15, 0.2) is 0 Å². The highest BCUT2D eigenvalue weighted by Crippen LogP contribution is 2.20. The molecule has 9 nitrogen and oxygen atoms in total. The van der Waals surface area contributed by atoms with Crippen molar-refractivity contribution in [1.82, 2.24) is 9.13 Å². The molecule has 0 saturated carbocycles. The molecule has 2 aromatic carbocycles. The normalized spacial score (nSPS) is 12.6. The third kappa shape index (κ3) is 5.92. The molecule has 0 unspecified atom stereocenters. The van der Waals surface area contributed by atoms with Crippen molar-refractivity contribution in [3.05, 3.63) is 71.1 Å². The molecule has 0 aliphatic heterocycles. The number of aromatic nitrogens is 2. The van der Waals surface area contributed by atoms with Crippen LogP contribution in [-0.4, -0.2) is 35.0 Å². The van der Waals surface area contributed by atoms with Crippen LogP contribution in [0.25, 0.3) is 5.69 Å². The van der Waals surface area contributed by atoms with Crippen LogP contribution in [0.2, 0.25) is 0 Å². The van der Waals surface area contributed by atoms with Gasteiger partial charge in [0, 0.05) is 18.9 Å². The first-order valence-corrected chi connectivity index (χ1v) is 11.7. The zero-order valence-electron chi connectivity index (χ0n) is 18.6. The van der Waals surface area contributed by atoms with Crippen molar-refractivity contribution in [3.8, 4) is 11.4 Å². The van der Waals surface area contributed by atoms with Crippen molar-refractivity contribution < 1.29 is 17.7 Å². The summed E-state index contributed by atoms with van der Waals surface area (Å²) in [5, 5.41) is 12.5. The minimum atomic E-state index is -4.03. The Morgan fingerprint density at radius 3 is 2.28 bits per heavy atom. The fraction of sp³-hybridized carbons (Fsp3) is 0.318. The maximum absolute atomic E-state index is 11.1. The molecule has 0 spiro atoms. The maximum Gasteiger partial charge on any atom is 0.264 e. The second-order valence-corrected chi connectivity index (χ2v) is 9.11. The molecule has 0 bridgehead atoms. The zero-order chi connectivity index (χ0) is 23.3. The average Bonchev–Trinajstić information content (AvgIpc) is 3.09. The summed E-state index contributed by atoms with van der Waals surface area (Å²) in [6.45, 7) is 6.44. The number of ether oxygens (including phenoxy) is 1. The quantitative estimate of drug-likeness (QED) is 0.312. The first kappa shape index (κ1) is 23.4. The zero-order valence-corrected chi connectivity index (χ0v) is 19.4. The van der Waals surface area contributed by atoms with E-state index < -0.39 is 10.1 Å². The highest BCUT2D eigenvalue weighted by atomic mass is 32.2. The van der Waals surface area contributed by atoms with E-state index in [1.165, 1.54) is 0 Å². The van der Waals surface area contributed by atoms with E-state index in [2.05, 4.69) is 27.6 Å². The van der Waals surface area contributed by atoms with Crippen molar-refractivity contribution in [2.75, 3.05) is 12.9 Å². The fourth-order valence-corrected chi connectivity index (χ4v) is 4.10. The summed E-state index contributed by atoms with van der Waals surface area (Å²) >= 11 is 0. The Morgan fingerprint density at radius 2 is 1.69 bits per heavy atom. The number of nitrogens with zero attached hydrogens (tertiary/aromatic N) is 5. The molecular weight excluding hydrogens is 430 g/mol. The molecule has 0 fully saturated rings. The topological polar surface area (TPSA) is 111 Å². The van der Waals surface area contributed by atoms with E-state index in [0.29, 0.717) is 17.9 Å². The van der Waals surface area contributed by atoms with Crippen molar-refractivity contribution in [2.24, 2.45) is 15.4 Å². The molecule has 1 aromatic heterocycles. The van der Waals surface area contributed by atoms with Gasteiger partial charge in [-0.3, -0.25) is 9.12 Å². The van der Waals surface area contributed by atoms with Gasteiger partial charge in [-0.2, -0.15) is 8.42 Å². The van der Waals surface area contributed by atoms with Gasteiger partial charge in [0.25, 0.3) is 10.1 Å². The molecule has 0 aliphatic carbocycles. The lowest BCUT2D eigenvalue weighted by atomic mass is 10.1. The number of rotatable bonds is 8. The number of imidazole rings is 1. The Hall–Kier alpha value is -3.24. The summed E-state index contributed by atoms with van der Waals surface area (Å²) in [5.41, 5.74) is 5.40. The van der Waals surface area contributed by atoms with Gasteiger partial charge < -0.3 is 9.30 Å². The highest BCUT2D eigenvalue weighted by molar-refractivity contribution is 7.85. The highest BCUT2D eigenvalue weighted by Gasteiger charge is 2.11. The van der Waals surface area contributed by atoms with Crippen molar-refractivity contribution in [2.45, 2.75) is 33.7 Å². The SMILES string of the molecule is COc1ccc(N=N/N=c2/n(CCCS(=O)(=O)O)ccn2-c2c(C)cc(C)cc2C)cc1. The Kier molecular flexibility index (Phi) is 7.26. The second-order valence-electron chi connectivity index (χ2n) is 7.54. The first-order chi connectivity index (χ1) is 15.2. The molecule has 3 aromatic rings. The smallest absolute Gasteiger partial charge is 0.264 e. The van der Waals surface area contributed by atoms with Crippen LogP contribution in [-0.2, 0) is 16.7 Å². The van der Waals surface area contributed by atoms with Crippen molar-refractivity contribution >= 4 is 15.8 Å². The van der Waals surface area contributed by atoms with Crippen LogP contribution < -0.4 is 10.4 Å². The van der Waals surface area contributed by atoms with Gasteiger partial charge in [-0.1, -0.05) is 22.8 Å². The van der Waals surface area contributed by atoms with E-state index in [1.54, 1.807) is 35.9 Å². The molecule has 0 saturated heterocycles. The van der Waals surface area contributed by atoms with Gasteiger partial charge >= 0.3 is 0 Å². The Morgan fingerprint density at radius 1 is 1.03 bits per heavy atom. The largest absolute Gasteiger partial charge is 0.497 e. The van der Waals surface area contributed by atoms with E-state index in [0.717, 1.165) is 28.1 Å². The van der Waals surface area contributed by atoms with Gasteiger partial charge in [0.05, 0.1) is 24.2 Å². The third-order valence-electron chi connectivity index (χ3n) is 4.91. The Labute approximate surface area is 187 Å². The van der Waals surface area contributed by atoms with Crippen molar-refractivity contribution in [3.63, 3.8) is 0 Å². The van der Waals surface area contributed by atoms with Gasteiger partial charge in [0.1, 0.15) is 5.75 Å². The fourth-order valence-electron chi connectivity index (χ4n) is 3.61. The number of benzene rings is 2. The van der Waals surface area contributed by atoms with Crippen LogP contribution in [0, 0.1) is 20.8 Å². The lowest BCUT2D eigenvalue weighted by Gasteiger charge is -2.12. The number of aryl methyl sites for hydroxylation is 4. The molecule has 0 aliphatic rings. The summed E-state index contributed by atoms with van der Waals surface area (Å²) in [6.07, 6.45) is 3.90. The van der Waals surface area contributed by atoms with Crippen LogP contribution in [0.4, 0.5) is 5.69 Å². The summed E-state index contributed by atoms with van der Waals surface area (Å²) in [6, 6.07) is 11.3. The minimum absolute atomic E-state index is 0.234. The van der Waals surface area contributed by atoms with E-state index in [1.807, 2.05) is 37.7 Å². The maximum atomic E-state index is 11.1. The average molecular weight is 458 g/mol. The monoisotopic (exact) mass is 457 g/mol. The van der Waals surface area contributed by atoms with E-state index in [9.17, 15) is 8.42 Å². The molecule has 10 heteroatoms. The van der Waals surface area contributed by atoms with Crippen LogP contribution in [0.3, 0.4) is 0 Å². The molecule has 170 valence electrons. The minimum Gasteiger partial charge on any atom is -0.497 e. The van der Waals surface area contributed by atoms with E-state index >= 15 is 0 Å². The molecule has 0 amide bonds. The van der Waals surface area contributed by atoms with E-state index in [-0.39, 0.29) is 12.2 Å². The summed E-state index contributed by atoms with van der Waals surface area (Å²) < 4.78 is 40.1. The standard InChI is InChI=1S/C22H27N5O4S/c1-16-14-17(2)21(18(3)15-16)27-12-11-26(10-5-13-32(28,29)30)22(27)24-25-23-19-6-8-20(31-4)9-7-19/h6-9,11-12,14-15H,5,10,13H2,1-4H3,(H,28,29,30)/b24-22-,25-23?. The predicted molar refractivity (Wildman–Crippen MR) is 122 cm³/mol. The van der Waals surface area contributed by atoms with Crippen LogP contribution in [0.5, 0.6) is 5.75 Å². The van der Waals surface area contributed by atoms with Gasteiger partial charge in [-0.05, 0) is 67.8 Å². The van der Waals surface area contributed by atoms with Crippen LogP contribution in [0.1, 0.15) is 23.1 Å². The predicted octanol–water partition coefficient (Wildman–Crippen LogP) is 4.09. The molecule has 3 rings (SSSR count). The Balaban J connectivity index is 2.02. The third-order valence-corrected chi connectivity index (χ3v) is 5.72. The summed E-state index contributed by atoms with van der Waals surface area (Å²) in [5.74, 6) is 0.386. The molecule has 0 radical (unpaired) electrons. The molecule has 32 heavy (non-hydrogen) atoms. The van der Waals surface area contributed by atoms with Gasteiger partial charge in [-0.25, -0.2) is 0 Å². The lowest BCUT2D eigenvalue weighted by Crippen LogP contribution is -2.26. The van der Waals surface area contributed by atoms with Gasteiger partial charge in [-0.15, -0.1) is 5.11 Å². The van der Waals surface area contributed by atoms with Gasteiger partial charge in [0.2, 0.25) is 5.62 Å². The number of hydrogen-bond donors (Lipinski definition) is 1. The molecular formula is C22H27N5O4S. The van der Waals surface area contributed by atoms with Crippen LogP contribution >= 0.6 is 0 Å². The number of hydrogen-bond acceptors (Lipinski definition) is 5. The summed E-state index contributed by atoms with van der Waals surface area (Å²) in [7, 11) is -2.44.